The van der Waals surface area contributed by atoms with Crippen LogP contribution in [0.25, 0.3) is 6.08 Å². The summed E-state index contributed by atoms with van der Waals surface area (Å²) in [4.78, 5) is 0. The Morgan fingerprint density at radius 1 is 1.19 bits per heavy atom. The minimum Gasteiger partial charge on any atom is -0.310 e. The zero-order valence-corrected chi connectivity index (χ0v) is 13.0. The third-order valence-corrected chi connectivity index (χ3v) is 4.84. The largest absolute Gasteiger partial charge is 0.310 e. The van der Waals surface area contributed by atoms with Gasteiger partial charge in [-0.1, -0.05) is 37.0 Å². The molecule has 0 radical (unpaired) electrons. The summed E-state index contributed by atoms with van der Waals surface area (Å²) in [6, 6.07) is 6.21. The van der Waals surface area contributed by atoms with Crippen LogP contribution in [0.2, 0.25) is 0 Å². The molecule has 114 valence electrons. The fraction of sp³-hybridized carbons (Fsp3) is 0.579. The van der Waals surface area contributed by atoms with Gasteiger partial charge < -0.3 is 5.32 Å². The summed E-state index contributed by atoms with van der Waals surface area (Å²) in [6.45, 7) is 2.85. The van der Waals surface area contributed by atoms with Crippen LogP contribution < -0.4 is 5.32 Å². The van der Waals surface area contributed by atoms with Gasteiger partial charge in [-0.15, -0.1) is 0 Å². The second kappa shape index (κ2) is 6.74. The van der Waals surface area contributed by atoms with Crippen LogP contribution >= 0.6 is 0 Å². The van der Waals surface area contributed by atoms with E-state index in [-0.39, 0.29) is 5.82 Å². The lowest BCUT2D eigenvalue weighted by atomic mass is 9.83. The molecule has 2 fully saturated rings. The molecule has 2 aliphatic carbocycles. The Bertz CT molecular complexity index is 510. The smallest absolute Gasteiger partial charge is 0.126 e. The third kappa shape index (κ3) is 4.16. The van der Waals surface area contributed by atoms with Crippen molar-refractivity contribution in [1.29, 1.82) is 0 Å². The molecule has 0 bridgehead atoms. The summed E-state index contributed by atoms with van der Waals surface area (Å²) >= 11 is 0. The maximum absolute atomic E-state index is 13.4. The van der Waals surface area contributed by atoms with Gasteiger partial charge in [-0.05, 0) is 61.8 Å². The van der Waals surface area contributed by atoms with Crippen molar-refractivity contribution < 1.29 is 4.39 Å². The highest BCUT2D eigenvalue weighted by Gasteiger charge is 2.23. The normalized spacial score (nSPS) is 20.8. The maximum Gasteiger partial charge on any atom is 0.126 e. The Hall–Kier alpha value is -1.15. The molecule has 0 amide bonds. The molecule has 3 rings (SSSR count). The molecule has 1 aromatic carbocycles. The number of aryl methyl sites for hydroxylation is 1. The van der Waals surface area contributed by atoms with Crippen LogP contribution in [0.5, 0.6) is 0 Å². The van der Waals surface area contributed by atoms with Crippen molar-refractivity contribution in [3.05, 3.63) is 40.7 Å². The van der Waals surface area contributed by atoms with Gasteiger partial charge in [0.1, 0.15) is 5.82 Å². The van der Waals surface area contributed by atoms with Crippen LogP contribution in [0.15, 0.2) is 23.8 Å². The first-order valence-corrected chi connectivity index (χ1v) is 8.42. The van der Waals surface area contributed by atoms with E-state index in [0.29, 0.717) is 0 Å². The first-order chi connectivity index (χ1) is 10.2. The molecule has 0 aliphatic heterocycles. The van der Waals surface area contributed by atoms with Crippen LogP contribution in [0.3, 0.4) is 0 Å². The number of halogens is 1. The van der Waals surface area contributed by atoms with Crippen LogP contribution in [0, 0.1) is 18.7 Å². The number of hydrogen-bond donors (Lipinski definition) is 1. The molecule has 0 unspecified atom stereocenters. The van der Waals surface area contributed by atoms with Crippen molar-refractivity contribution in [2.45, 2.75) is 57.9 Å². The molecule has 1 N–H and O–H groups in total. The minimum absolute atomic E-state index is 0.109. The zero-order valence-electron chi connectivity index (χ0n) is 13.0. The number of rotatable bonds is 5. The highest BCUT2D eigenvalue weighted by atomic mass is 19.1. The monoisotopic (exact) mass is 287 g/mol. The highest BCUT2D eigenvalue weighted by Crippen LogP contribution is 2.31. The Morgan fingerprint density at radius 2 is 1.95 bits per heavy atom. The predicted octanol–water partition coefficient (Wildman–Crippen LogP) is 4.85. The lowest BCUT2D eigenvalue weighted by Gasteiger charge is -2.25. The second-order valence-electron chi connectivity index (χ2n) is 6.72. The maximum atomic E-state index is 13.4. The van der Waals surface area contributed by atoms with Crippen LogP contribution in [0.1, 0.15) is 56.1 Å². The topological polar surface area (TPSA) is 12.0 Å². The Balaban J connectivity index is 1.77. The van der Waals surface area contributed by atoms with E-state index < -0.39 is 0 Å². The first-order valence-electron chi connectivity index (χ1n) is 8.42. The Kier molecular flexibility index (Phi) is 4.74. The van der Waals surface area contributed by atoms with E-state index in [9.17, 15) is 4.39 Å². The van der Waals surface area contributed by atoms with Gasteiger partial charge in [0.2, 0.25) is 0 Å². The van der Waals surface area contributed by atoms with E-state index >= 15 is 0 Å². The van der Waals surface area contributed by atoms with Crippen molar-refractivity contribution in [3.8, 4) is 0 Å². The van der Waals surface area contributed by atoms with Gasteiger partial charge in [0, 0.05) is 12.6 Å². The summed E-state index contributed by atoms with van der Waals surface area (Å²) in [5.41, 5.74) is 3.40. The van der Waals surface area contributed by atoms with Crippen LogP contribution in [0.4, 0.5) is 4.39 Å². The average molecular weight is 287 g/mol. The lowest BCUT2D eigenvalue weighted by Crippen LogP contribution is -2.24. The van der Waals surface area contributed by atoms with E-state index in [1.807, 2.05) is 19.1 Å². The van der Waals surface area contributed by atoms with Gasteiger partial charge in [0.25, 0.3) is 0 Å². The lowest BCUT2D eigenvalue weighted by molar-refractivity contribution is 0.396. The predicted molar refractivity (Wildman–Crippen MR) is 86.7 cm³/mol. The molecule has 21 heavy (non-hydrogen) atoms. The number of hydrogen-bond acceptors (Lipinski definition) is 1. The molecule has 1 nitrogen and oxygen atoms in total. The minimum atomic E-state index is -0.109. The van der Waals surface area contributed by atoms with Crippen molar-refractivity contribution >= 4 is 6.08 Å². The fourth-order valence-corrected chi connectivity index (χ4v) is 3.31. The summed E-state index contributed by atoms with van der Waals surface area (Å²) in [6.07, 6.45) is 11.7. The molecule has 1 aromatic rings. The van der Waals surface area contributed by atoms with Gasteiger partial charge >= 0.3 is 0 Å². The van der Waals surface area contributed by atoms with E-state index in [2.05, 4.69) is 11.4 Å². The molecule has 0 atom stereocenters. The van der Waals surface area contributed by atoms with Crippen molar-refractivity contribution in [2.24, 2.45) is 5.92 Å². The van der Waals surface area contributed by atoms with Crippen LogP contribution in [-0.2, 0) is 0 Å². The highest BCUT2D eigenvalue weighted by molar-refractivity contribution is 5.55. The van der Waals surface area contributed by atoms with Crippen molar-refractivity contribution in [2.75, 3.05) is 6.54 Å². The molecular weight excluding hydrogens is 261 g/mol. The van der Waals surface area contributed by atoms with E-state index in [1.54, 1.807) is 6.07 Å². The summed E-state index contributed by atoms with van der Waals surface area (Å²) in [5, 5.41) is 3.66. The van der Waals surface area contributed by atoms with Gasteiger partial charge in [0.05, 0.1) is 0 Å². The fourth-order valence-electron chi connectivity index (χ4n) is 3.31. The van der Waals surface area contributed by atoms with E-state index in [4.69, 9.17) is 0 Å². The molecular formula is C19H26FN. The van der Waals surface area contributed by atoms with Gasteiger partial charge in [0.15, 0.2) is 0 Å². The van der Waals surface area contributed by atoms with E-state index in [0.717, 1.165) is 29.6 Å². The molecule has 0 aromatic heterocycles. The van der Waals surface area contributed by atoms with Crippen molar-refractivity contribution in [1.82, 2.24) is 5.32 Å². The summed E-state index contributed by atoms with van der Waals surface area (Å²) in [5.74, 6) is 0.609. The van der Waals surface area contributed by atoms with Gasteiger partial charge in [-0.3, -0.25) is 0 Å². The zero-order chi connectivity index (χ0) is 14.7. The number of nitrogens with one attached hydrogen (secondary N) is 1. The third-order valence-electron chi connectivity index (χ3n) is 4.84. The molecule has 2 saturated carbocycles. The standard InChI is InChI=1S/C19H26FN/c1-14-11-15(7-10-19(14)20)12-17(13-21-18-8-9-18)16-5-3-2-4-6-16/h7,10-12,16,18,21H,2-6,8-9,13H2,1H3/b17-12-. The molecule has 0 saturated heterocycles. The van der Waals surface area contributed by atoms with E-state index in [1.165, 1.54) is 50.5 Å². The SMILES string of the molecule is Cc1cc(/C=C(/CNC2CC2)C2CCCCC2)ccc1F. The average Bonchev–Trinajstić information content (AvgIpc) is 3.32. The molecule has 2 aliphatic rings. The number of benzene rings is 1. The molecule has 2 heteroatoms. The van der Waals surface area contributed by atoms with Gasteiger partial charge in [-0.2, -0.15) is 0 Å². The van der Waals surface area contributed by atoms with Crippen LogP contribution in [-0.4, -0.2) is 12.6 Å². The molecule has 0 heterocycles. The second-order valence-corrected chi connectivity index (χ2v) is 6.72. The summed E-state index contributed by atoms with van der Waals surface area (Å²) in [7, 11) is 0. The Morgan fingerprint density at radius 3 is 2.62 bits per heavy atom. The Labute approximate surface area is 127 Å². The molecule has 0 spiro atoms. The van der Waals surface area contributed by atoms with Gasteiger partial charge in [-0.25, -0.2) is 4.39 Å². The first kappa shape index (κ1) is 14.8. The van der Waals surface area contributed by atoms with Crippen molar-refractivity contribution in [3.63, 3.8) is 0 Å². The summed E-state index contributed by atoms with van der Waals surface area (Å²) < 4.78 is 13.4. The quantitative estimate of drug-likeness (QED) is 0.816.